The molecule has 2 aromatic rings. The molecule has 30 heavy (non-hydrogen) atoms. The first kappa shape index (κ1) is 21.3. The lowest BCUT2D eigenvalue weighted by molar-refractivity contribution is -0.116. The lowest BCUT2D eigenvalue weighted by Crippen LogP contribution is -2.52. The maximum atomic E-state index is 12.3. The summed E-state index contributed by atoms with van der Waals surface area (Å²) in [7, 11) is 1.38. The van der Waals surface area contributed by atoms with Gasteiger partial charge in [0.15, 0.2) is 0 Å². The molecule has 0 bridgehead atoms. The Kier molecular flexibility index (Phi) is 7.04. The SMILES string of the molecule is COC(=O)c1ccc(N2CCN(CCC(=O)Nc3ccc(C#N)cc3)C(C)C2)cc1. The predicted octanol–water partition coefficient (Wildman–Crippen LogP) is 2.88. The first-order valence-corrected chi connectivity index (χ1v) is 9.97. The van der Waals surface area contributed by atoms with Gasteiger partial charge in [0.1, 0.15) is 0 Å². The van der Waals surface area contributed by atoms with Gasteiger partial charge in [-0.2, -0.15) is 5.26 Å². The van der Waals surface area contributed by atoms with Gasteiger partial charge in [0.25, 0.3) is 0 Å². The molecule has 1 unspecified atom stereocenters. The third-order valence-electron chi connectivity index (χ3n) is 5.34. The fraction of sp³-hybridized carbons (Fsp3) is 0.348. The van der Waals surface area contributed by atoms with E-state index in [4.69, 9.17) is 10.00 Å². The maximum absolute atomic E-state index is 12.3. The van der Waals surface area contributed by atoms with Gasteiger partial charge in [-0.15, -0.1) is 0 Å². The molecule has 7 nitrogen and oxygen atoms in total. The number of methoxy groups -OCH3 is 1. The molecule has 0 aliphatic carbocycles. The minimum Gasteiger partial charge on any atom is -0.465 e. The quantitative estimate of drug-likeness (QED) is 0.743. The maximum Gasteiger partial charge on any atom is 0.337 e. The van der Waals surface area contributed by atoms with Gasteiger partial charge in [-0.1, -0.05) is 0 Å². The zero-order chi connectivity index (χ0) is 21.5. The zero-order valence-electron chi connectivity index (χ0n) is 17.3. The van der Waals surface area contributed by atoms with E-state index < -0.39 is 0 Å². The first-order valence-electron chi connectivity index (χ1n) is 9.97. The number of anilines is 2. The molecule has 2 aromatic carbocycles. The lowest BCUT2D eigenvalue weighted by Gasteiger charge is -2.41. The van der Waals surface area contributed by atoms with Crippen LogP contribution in [0.2, 0.25) is 0 Å². The van der Waals surface area contributed by atoms with Crippen LogP contribution in [0.3, 0.4) is 0 Å². The van der Waals surface area contributed by atoms with E-state index in [1.165, 1.54) is 7.11 Å². The van der Waals surface area contributed by atoms with Crippen LogP contribution in [0.1, 0.15) is 29.3 Å². The van der Waals surface area contributed by atoms with E-state index in [-0.39, 0.29) is 11.9 Å². The predicted molar refractivity (Wildman–Crippen MR) is 115 cm³/mol. The van der Waals surface area contributed by atoms with Gasteiger partial charge < -0.3 is 15.0 Å². The molecule has 1 amide bonds. The number of carbonyl (C=O) groups is 2. The number of rotatable bonds is 6. The van der Waals surface area contributed by atoms with Crippen molar-refractivity contribution in [3.8, 4) is 6.07 Å². The Hall–Kier alpha value is -3.37. The van der Waals surface area contributed by atoms with Crippen LogP contribution in [0.15, 0.2) is 48.5 Å². The van der Waals surface area contributed by atoms with Crippen molar-refractivity contribution in [1.82, 2.24) is 4.90 Å². The fourth-order valence-electron chi connectivity index (χ4n) is 3.58. The van der Waals surface area contributed by atoms with Crippen molar-refractivity contribution < 1.29 is 14.3 Å². The molecule has 3 rings (SSSR count). The Balaban J connectivity index is 1.47. The summed E-state index contributed by atoms with van der Waals surface area (Å²) in [5.74, 6) is -0.369. The summed E-state index contributed by atoms with van der Waals surface area (Å²) in [6.45, 7) is 5.43. The van der Waals surface area contributed by atoms with Gasteiger partial charge in [-0.05, 0) is 55.5 Å². The molecule has 1 N–H and O–H groups in total. The van der Waals surface area contributed by atoms with E-state index in [1.807, 2.05) is 12.1 Å². The van der Waals surface area contributed by atoms with Crippen LogP contribution in [-0.4, -0.2) is 56.1 Å². The van der Waals surface area contributed by atoms with Gasteiger partial charge in [0.2, 0.25) is 5.91 Å². The highest BCUT2D eigenvalue weighted by atomic mass is 16.5. The second-order valence-corrected chi connectivity index (χ2v) is 7.36. The molecule has 1 aliphatic heterocycles. The average Bonchev–Trinajstić information content (AvgIpc) is 2.78. The van der Waals surface area contributed by atoms with Crippen molar-refractivity contribution in [2.24, 2.45) is 0 Å². The van der Waals surface area contributed by atoms with E-state index in [2.05, 4.69) is 28.1 Å². The highest BCUT2D eigenvalue weighted by Gasteiger charge is 2.24. The minimum absolute atomic E-state index is 0.0345. The Morgan fingerprint density at radius 1 is 1.13 bits per heavy atom. The van der Waals surface area contributed by atoms with Crippen LogP contribution < -0.4 is 10.2 Å². The van der Waals surface area contributed by atoms with E-state index >= 15 is 0 Å². The highest BCUT2D eigenvalue weighted by Crippen LogP contribution is 2.20. The smallest absolute Gasteiger partial charge is 0.337 e. The molecule has 1 fully saturated rings. The molecule has 0 aromatic heterocycles. The van der Waals surface area contributed by atoms with Crippen LogP contribution in [-0.2, 0) is 9.53 Å². The minimum atomic E-state index is -0.334. The topological polar surface area (TPSA) is 85.7 Å². The van der Waals surface area contributed by atoms with Crippen LogP contribution in [0.4, 0.5) is 11.4 Å². The number of nitriles is 1. The van der Waals surface area contributed by atoms with E-state index in [0.29, 0.717) is 35.8 Å². The van der Waals surface area contributed by atoms with Gasteiger partial charge >= 0.3 is 5.97 Å². The summed E-state index contributed by atoms with van der Waals surface area (Å²) in [5, 5.41) is 11.7. The van der Waals surface area contributed by atoms with Crippen molar-refractivity contribution >= 4 is 23.3 Å². The van der Waals surface area contributed by atoms with Crippen LogP contribution in [0, 0.1) is 11.3 Å². The number of hydrogen-bond donors (Lipinski definition) is 1. The second-order valence-electron chi connectivity index (χ2n) is 7.36. The molecule has 156 valence electrons. The molecule has 0 saturated carbocycles. The first-order chi connectivity index (χ1) is 14.5. The molecule has 0 spiro atoms. The Labute approximate surface area is 176 Å². The molecular weight excluding hydrogens is 380 g/mol. The molecule has 1 heterocycles. The van der Waals surface area contributed by atoms with Crippen molar-refractivity contribution in [3.63, 3.8) is 0 Å². The summed E-state index contributed by atoms with van der Waals surface area (Å²) >= 11 is 0. The van der Waals surface area contributed by atoms with Crippen LogP contribution in [0.5, 0.6) is 0 Å². The van der Waals surface area contributed by atoms with Crippen molar-refractivity contribution in [3.05, 3.63) is 59.7 Å². The highest BCUT2D eigenvalue weighted by molar-refractivity contribution is 5.91. The monoisotopic (exact) mass is 406 g/mol. The molecule has 1 saturated heterocycles. The number of amides is 1. The summed E-state index contributed by atoms with van der Waals surface area (Å²) in [6.07, 6.45) is 0.415. The van der Waals surface area contributed by atoms with Gasteiger partial charge in [-0.3, -0.25) is 9.69 Å². The lowest BCUT2D eigenvalue weighted by atomic mass is 10.1. The number of ether oxygens (including phenoxy) is 1. The number of benzene rings is 2. The summed E-state index contributed by atoms with van der Waals surface area (Å²) < 4.78 is 4.74. The third-order valence-corrected chi connectivity index (χ3v) is 5.34. The number of piperazine rings is 1. The Morgan fingerprint density at radius 3 is 2.43 bits per heavy atom. The molecule has 7 heteroatoms. The molecule has 1 aliphatic rings. The fourth-order valence-corrected chi connectivity index (χ4v) is 3.58. The van der Waals surface area contributed by atoms with E-state index in [9.17, 15) is 9.59 Å². The molecule has 0 radical (unpaired) electrons. The number of esters is 1. The zero-order valence-corrected chi connectivity index (χ0v) is 17.3. The largest absolute Gasteiger partial charge is 0.465 e. The summed E-state index contributed by atoms with van der Waals surface area (Å²) in [6, 6.07) is 16.7. The van der Waals surface area contributed by atoms with E-state index in [0.717, 1.165) is 25.3 Å². The summed E-state index contributed by atoms with van der Waals surface area (Å²) in [5.41, 5.74) is 2.89. The van der Waals surface area contributed by atoms with Crippen LogP contribution >= 0.6 is 0 Å². The Morgan fingerprint density at radius 2 is 1.83 bits per heavy atom. The van der Waals surface area contributed by atoms with Gasteiger partial charge in [0.05, 0.1) is 24.3 Å². The van der Waals surface area contributed by atoms with Crippen molar-refractivity contribution in [2.45, 2.75) is 19.4 Å². The van der Waals surface area contributed by atoms with Gasteiger partial charge in [0, 0.05) is 50.0 Å². The Bertz CT molecular complexity index is 919. The normalized spacial score (nSPS) is 16.6. The second kappa shape index (κ2) is 9.90. The van der Waals surface area contributed by atoms with Crippen molar-refractivity contribution in [2.75, 3.05) is 43.5 Å². The number of hydrogen-bond acceptors (Lipinski definition) is 6. The third kappa shape index (κ3) is 5.37. The van der Waals surface area contributed by atoms with E-state index in [1.54, 1.807) is 36.4 Å². The van der Waals surface area contributed by atoms with Crippen molar-refractivity contribution in [1.29, 1.82) is 5.26 Å². The number of nitrogens with zero attached hydrogens (tertiary/aromatic N) is 3. The molecular formula is C23H26N4O3. The average molecular weight is 406 g/mol. The van der Waals surface area contributed by atoms with Crippen LogP contribution in [0.25, 0.3) is 0 Å². The molecule has 1 atom stereocenters. The standard InChI is InChI=1S/C23H26N4O3/c1-17-16-27(21-9-5-19(6-10-21)23(29)30-2)14-13-26(17)12-11-22(28)25-20-7-3-18(15-24)4-8-20/h3-10,17H,11-14,16H2,1-2H3,(H,25,28). The van der Waals surface area contributed by atoms with Gasteiger partial charge in [-0.25, -0.2) is 4.79 Å². The number of carbonyl (C=O) groups excluding carboxylic acids is 2. The summed E-state index contributed by atoms with van der Waals surface area (Å²) in [4.78, 5) is 28.4. The number of nitrogens with one attached hydrogen (secondary N) is 1.